The molecular formula is C14H21FN2. The molecule has 0 bridgehead atoms. The van der Waals surface area contributed by atoms with E-state index in [0.717, 1.165) is 18.0 Å². The summed E-state index contributed by atoms with van der Waals surface area (Å²) in [5.74, 6) is 0.730. The third kappa shape index (κ3) is 3.51. The molecule has 2 nitrogen and oxygen atoms in total. The molecule has 0 aromatic heterocycles. The highest BCUT2D eigenvalue weighted by atomic mass is 19.1. The highest BCUT2D eigenvalue weighted by molar-refractivity contribution is 5.27. The van der Waals surface area contributed by atoms with Crippen LogP contribution in [0, 0.1) is 18.7 Å². The van der Waals surface area contributed by atoms with Crippen molar-refractivity contribution in [3.05, 3.63) is 35.1 Å². The Balaban J connectivity index is 1.96. The van der Waals surface area contributed by atoms with Crippen molar-refractivity contribution in [3.8, 4) is 0 Å². The molecule has 0 spiro atoms. The van der Waals surface area contributed by atoms with Gasteiger partial charge in [-0.3, -0.25) is 0 Å². The highest BCUT2D eigenvalue weighted by Crippen LogP contribution is 2.32. The molecule has 1 atom stereocenters. The number of hydrogen-bond donors (Lipinski definition) is 2. The van der Waals surface area contributed by atoms with Gasteiger partial charge in [0.25, 0.3) is 0 Å². The fourth-order valence-corrected chi connectivity index (χ4v) is 2.12. The lowest BCUT2D eigenvalue weighted by Crippen LogP contribution is -2.30. The van der Waals surface area contributed by atoms with Crippen LogP contribution in [-0.2, 0) is 0 Å². The zero-order valence-electron chi connectivity index (χ0n) is 10.4. The van der Waals surface area contributed by atoms with Gasteiger partial charge in [-0.2, -0.15) is 0 Å². The van der Waals surface area contributed by atoms with E-state index >= 15 is 0 Å². The van der Waals surface area contributed by atoms with E-state index in [1.165, 1.54) is 25.3 Å². The first-order chi connectivity index (χ1) is 8.20. The van der Waals surface area contributed by atoms with Gasteiger partial charge < -0.3 is 11.1 Å². The Kier molecular flexibility index (Phi) is 4.13. The number of benzene rings is 1. The summed E-state index contributed by atoms with van der Waals surface area (Å²) >= 11 is 0. The molecule has 3 N–H and O–H groups in total. The van der Waals surface area contributed by atoms with Gasteiger partial charge in [-0.25, -0.2) is 4.39 Å². The molecule has 0 amide bonds. The van der Waals surface area contributed by atoms with Gasteiger partial charge >= 0.3 is 0 Å². The van der Waals surface area contributed by atoms with E-state index in [4.69, 9.17) is 5.73 Å². The topological polar surface area (TPSA) is 38.0 Å². The van der Waals surface area contributed by atoms with Gasteiger partial charge in [-0.05, 0) is 31.9 Å². The van der Waals surface area contributed by atoms with Crippen LogP contribution in [0.1, 0.15) is 36.4 Å². The molecule has 1 aliphatic rings. The Bertz CT molecular complexity index is 374. The predicted octanol–water partition coefficient (Wildman–Crippen LogP) is 2.52. The summed E-state index contributed by atoms with van der Waals surface area (Å²) in [5.41, 5.74) is 7.50. The monoisotopic (exact) mass is 236 g/mol. The molecule has 1 aromatic carbocycles. The van der Waals surface area contributed by atoms with Gasteiger partial charge in [0.05, 0.1) is 0 Å². The first-order valence-corrected chi connectivity index (χ1v) is 6.40. The average molecular weight is 236 g/mol. The van der Waals surface area contributed by atoms with Crippen molar-refractivity contribution >= 4 is 0 Å². The summed E-state index contributed by atoms with van der Waals surface area (Å²) < 4.78 is 13.7. The lowest BCUT2D eigenvalue weighted by atomic mass is 10.0. The Morgan fingerprint density at radius 3 is 2.88 bits per heavy atom. The molecule has 1 aromatic rings. The van der Waals surface area contributed by atoms with Crippen molar-refractivity contribution in [2.75, 3.05) is 13.1 Å². The second-order valence-corrected chi connectivity index (χ2v) is 5.00. The molecule has 0 radical (unpaired) electrons. The molecule has 17 heavy (non-hydrogen) atoms. The van der Waals surface area contributed by atoms with Crippen LogP contribution in [-0.4, -0.2) is 13.1 Å². The van der Waals surface area contributed by atoms with E-state index < -0.39 is 0 Å². The van der Waals surface area contributed by atoms with Crippen LogP contribution >= 0.6 is 0 Å². The van der Waals surface area contributed by atoms with Crippen LogP contribution in [0.5, 0.6) is 0 Å². The molecule has 1 unspecified atom stereocenters. The zero-order valence-corrected chi connectivity index (χ0v) is 10.4. The number of halogens is 1. The van der Waals surface area contributed by atoms with Gasteiger partial charge in [0.1, 0.15) is 5.82 Å². The van der Waals surface area contributed by atoms with Gasteiger partial charge in [0.2, 0.25) is 0 Å². The second kappa shape index (κ2) is 5.61. The van der Waals surface area contributed by atoms with Crippen molar-refractivity contribution in [2.24, 2.45) is 11.7 Å². The SMILES string of the molecule is Cc1ccc(F)c(C(CN)NCCC2CC2)c1. The van der Waals surface area contributed by atoms with Crippen LogP contribution in [0.4, 0.5) is 4.39 Å². The first kappa shape index (κ1) is 12.5. The van der Waals surface area contributed by atoms with Crippen LogP contribution in [0.2, 0.25) is 0 Å². The molecule has 94 valence electrons. The van der Waals surface area contributed by atoms with Crippen LogP contribution in [0.3, 0.4) is 0 Å². The van der Waals surface area contributed by atoms with Gasteiger partial charge in [0.15, 0.2) is 0 Å². The maximum Gasteiger partial charge on any atom is 0.128 e. The van der Waals surface area contributed by atoms with Gasteiger partial charge in [0, 0.05) is 18.2 Å². The number of nitrogens with one attached hydrogen (secondary N) is 1. The van der Waals surface area contributed by atoms with E-state index in [2.05, 4.69) is 5.32 Å². The summed E-state index contributed by atoms with van der Waals surface area (Å²) in [7, 11) is 0. The van der Waals surface area contributed by atoms with E-state index in [9.17, 15) is 4.39 Å². The lowest BCUT2D eigenvalue weighted by molar-refractivity contribution is 0.490. The zero-order chi connectivity index (χ0) is 12.3. The maximum absolute atomic E-state index is 13.7. The van der Waals surface area contributed by atoms with Crippen LogP contribution < -0.4 is 11.1 Å². The summed E-state index contributed by atoms with van der Waals surface area (Å²) in [5, 5.41) is 3.36. The van der Waals surface area contributed by atoms with Crippen molar-refractivity contribution in [2.45, 2.75) is 32.2 Å². The third-order valence-electron chi connectivity index (χ3n) is 3.40. The highest BCUT2D eigenvalue weighted by Gasteiger charge is 2.21. The molecule has 3 heteroatoms. The summed E-state index contributed by atoms with van der Waals surface area (Å²) in [6.07, 6.45) is 3.89. The molecule has 0 aliphatic heterocycles. The smallest absolute Gasteiger partial charge is 0.128 e. The Morgan fingerprint density at radius 2 is 2.24 bits per heavy atom. The van der Waals surface area contributed by atoms with E-state index in [0.29, 0.717) is 12.1 Å². The largest absolute Gasteiger partial charge is 0.329 e. The van der Waals surface area contributed by atoms with Crippen molar-refractivity contribution in [1.29, 1.82) is 0 Å². The molecule has 0 saturated heterocycles. The summed E-state index contributed by atoms with van der Waals surface area (Å²) in [4.78, 5) is 0. The molecule has 1 fully saturated rings. The lowest BCUT2D eigenvalue weighted by Gasteiger charge is -2.18. The minimum absolute atomic E-state index is 0.0614. The van der Waals surface area contributed by atoms with Crippen molar-refractivity contribution < 1.29 is 4.39 Å². The quantitative estimate of drug-likeness (QED) is 0.796. The first-order valence-electron chi connectivity index (χ1n) is 6.40. The summed E-state index contributed by atoms with van der Waals surface area (Å²) in [6, 6.07) is 5.14. The van der Waals surface area contributed by atoms with Crippen molar-refractivity contribution in [3.63, 3.8) is 0 Å². The van der Waals surface area contributed by atoms with E-state index in [-0.39, 0.29) is 11.9 Å². The minimum Gasteiger partial charge on any atom is -0.329 e. The summed E-state index contributed by atoms with van der Waals surface area (Å²) in [6.45, 7) is 3.34. The fraction of sp³-hybridized carbons (Fsp3) is 0.571. The minimum atomic E-state index is -0.162. The third-order valence-corrected chi connectivity index (χ3v) is 3.40. The van der Waals surface area contributed by atoms with Crippen LogP contribution in [0.25, 0.3) is 0 Å². The molecule has 1 aliphatic carbocycles. The molecule has 1 saturated carbocycles. The van der Waals surface area contributed by atoms with Gasteiger partial charge in [-0.1, -0.05) is 30.5 Å². The predicted molar refractivity (Wildman–Crippen MR) is 68.3 cm³/mol. The number of rotatable bonds is 6. The molecular weight excluding hydrogens is 215 g/mol. The molecule has 2 rings (SSSR count). The average Bonchev–Trinajstić information content (AvgIpc) is 3.12. The number of aryl methyl sites for hydroxylation is 1. The van der Waals surface area contributed by atoms with E-state index in [1.807, 2.05) is 13.0 Å². The fourth-order valence-electron chi connectivity index (χ4n) is 2.12. The van der Waals surface area contributed by atoms with Crippen LogP contribution in [0.15, 0.2) is 18.2 Å². The van der Waals surface area contributed by atoms with Gasteiger partial charge in [-0.15, -0.1) is 0 Å². The Morgan fingerprint density at radius 1 is 1.47 bits per heavy atom. The Hall–Kier alpha value is -0.930. The standard InChI is InChI=1S/C14H21FN2/c1-10-2-5-13(15)12(8-10)14(9-16)17-7-6-11-3-4-11/h2,5,8,11,14,17H,3-4,6-7,9,16H2,1H3. The van der Waals surface area contributed by atoms with Crippen molar-refractivity contribution in [1.82, 2.24) is 5.32 Å². The maximum atomic E-state index is 13.7. The Labute approximate surface area is 102 Å². The number of hydrogen-bond acceptors (Lipinski definition) is 2. The molecule has 0 heterocycles. The second-order valence-electron chi connectivity index (χ2n) is 5.00. The number of nitrogens with two attached hydrogens (primary N) is 1. The van der Waals surface area contributed by atoms with E-state index in [1.54, 1.807) is 6.07 Å². The normalized spacial score (nSPS) is 17.1.